The Morgan fingerprint density at radius 1 is 1.43 bits per heavy atom. The van der Waals surface area contributed by atoms with Gasteiger partial charge in [-0.1, -0.05) is 40.0 Å². The lowest BCUT2D eigenvalue weighted by atomic mass is 9.65. The highest BCUT2D eigenvalue weighted by atomic mass is 79.9. The summed E-state index contributed by atoms with van der Waals surface area (Å²) < 4.78 is 13.9. The molecule has 0 bridgehead atoms. The van der Waals surface area contributed by atoms with Gasteiger partial charge in [-0.2, -0.15) is 0 Å². The highest BCUT2D eigenvalue weighted by Crippen LogP contribution is 2.46. The maximum absolute atomic E-state index is 13.0. The summed E-state index contributed by atoms with van der Waals surface area (Å²) in [4.78, 5) is 0. The second-order valence-corrected chi connectivity index (χ2v) is 5.21. The van der Waals surface area contributed by atoms with Crippen LogP contribution in [0.1, 0.15) is 24.8 Å². The molecule has 76 valence electrons. The Morgan fingerprint density at radius 3 is 2.57 bits per heavy atom. The van der Waals surface area contributed by atoms with E-state index in [-0.39, 0.29) is 12.1 Å². The van der Waals surface area contributed by atoms with Crippen molar-refractivity contribution in [3.05, 3.63) is 33.3 Å². The van der Waals surface area contributed by atoms with Gasteiger partial charge < -0.3 is 0 Å². The van der Waals surface area contributed by atoms with Gasteiger partial charge in [0.05, 0.1) is 6.67 Å². The SMILES string of the molecule is FCC1(c2ccc(Br)cc2Cl)CCC1. The van der Waals surface area contributed by atoms with Gasteiger partial charge in [0, 0.05) is 14.9 Å². The molecular weight excluding hydrogens is 266 g/mol. The van der Waals surface area contributed by atoms with Crippen molar-refractivity contribution in [3.8, 4) is 0 Å². The van der Waals surface area contributed by atoms with Crippen LogP contribution in [0.5, 0.6) is 0 Å². The van der Waals surface area contributed by atoms with E-state index < -0.39 is 0 Å². The molecule has 0 spiro atoms. The molecule has 0 radical (unpaired) electrons. The first-order valence-corrected chi connectivity index (χ1v) is 5.86. The number of rotatable bonds is 2. The van der Waals surface area contributed by atoms with Crippen molar-refractivity contribution in [2.45, 2.75) is 24.7 Å². The van der Waals surface area contributed by atoms with Gasteiger partial charge in [0.15, 0.2) is 0 Å². The zero-order valence-corrected chi connectivity index (χ0v) is 10.0. The molecule has 0 N–H and O–H groups in total. The lowest BCUT2D eigenvalue weighted by Gasteiger charge is -2.40. The van der Waals surface area contributed by atoms with Gasteiger partial charge in [0.25, 0.3) is 0 Å². The van der Waals surface area contributed by atoms with Gasteiger partial charge in [0.2, 0.25) is 0 Å². The van der Waals surface area contributed by atoms with Gasteiger partial charge in [-0.3, -0.25) is 4.39 Å². The summed E-state index contributed by atoms with van der Waals surface area (Å²) in [5.41, 5.74) is 0.689. The highest BCUT2D eigenvalue weighted by molar-refractivity contribution is 9.10. The van der Waals surface area contributed by atoms with E-state index in [0.717, 1.165) is 29.3 Å². The summed E-state index contributed by atoms with van der Waals surface area (Å²) in [6.45, 7) is -0.297. The van der Waals surface area contributed by atoms with Gasteiger partial charge in [-0.25, -0.2) is 0 Å². The molecule has 0 heterocycles. The van der Waals surface area contributed by atoms with Crippen LogP contribution in [0.25, 0.3) is 0 Å². The molecule has 14 heavy (non-hydrogen) atoms. The average molecular weight is 278 g/mol. The van der Waals surface area contributed by atoms with Crippen molar-refractivity contribution in [1.82, 2.24) is 0 Å². The molecule has 0 nitrogen and oxygen atoms in total. The maximum Gasteiger partial charge on any atom is 0.0991 e. The van der Waals surface area contributed by atoms with Crippen molar-refractivity contribution < 1.29 is 4.39 Å². The van der Waals surface area contributed by atoms with Crippen LogP contribution < -0.4 is 0 Å². The Balaban J connectivity index is 2.40. The molecule has 2 rings (SSSR count). The van der Waals surface area contributed by atoms with E-state index in [4.69, 9.17) is 11.6 Å². The summed E-state index contributed by atoms with van der Waals surface area (Å²) in [6, 6.07) is 5.70. The number of hydrogen-bond acceptors (Lipinski definition) is 0. The van der Waals surface area contributed by atoms with E-state index in [2.05, 4.69) is 15.9 Å². The molecule has 1 aromatic rings. The smallest absolute Gasteiger partial charge is 0.0991 e. The summed E-state index contributed by atoms with van der Waals surface area (Å²) in [5, 5.41) is 0.678. The first kappa shape index (κ1) is 10.4. The molecule has 1 saturated carbocycles. The third-order valence-electron chi connectivity index (χ3n) is 3.07. The molecule has 1 aliphatic rings. The third kappa shape index (κ3) is 1.59. The molecule has 0 aliphatic heterocycles. The summed E-state index contributed by atoms with van der Waals surface area (Å²) in [6.07, 6.45) is 2.95. The summed E-state index contributed by atoms with van der Waals surface area (Å²) >= 11 is 9.46. The topological polar surface area (TPSA) is 0 Å². The lowest BCUT2D eigenvalue weighted by Crippen LogP contribution is -2.36. The van der Waals surface area contributed by atoms with Crippen molar-refractivity contribution in [1.29, 1.82) is 0 Å². The second-order valence-electron chi connectivity index (χ2n) is 3.89. The Morgan fingerprint density at radius 2 is 2.14 bits per heavy atom. The van der Waals surface area contributed by atoms with Gasteiger partial charge in [0.1, 0.15) is 0 Å². The van der Waals surface area contributed by atoms with Crippen LogP contribution in [-0.2, 0) is 5.41 Å². The minimum Gasteiger partial charge on any atom is -0.250 e. The van der Waals surface area contributed by atoms with Crippen molar-refractivity contribution in [3.63, 3.8) is 0 Å². The van der Waals surface area contributed by atoms with Gasteiger partial charge in [-0.05, 0) is 30.5 Å². The molecule has 0 unspecified atom stereocenters. The van der Waals surface area contributed by atoms with Crippen molar-refractivity contribution in [2.75, 3.05) is 6.67 Å². The number of hydrogen-bond donors (Lipinski definition) is 0. The van der Waals surface area contributed by atoms with Crippen LogP contribution in [0.3, 0.4) is 0 Å². The predicted octanol–water partition coefficient (Wildman–Crippen LogP) is 4.49. The Bertz CT molecular complexity index is 342. The molecule has 0 saturated heterocycles. The number of benzene rings is 1. The van der Waals surface area contributed by atoms with E-state index in [0.29, 0.717) is 5.02 Å². The molecule has 3 heteroatoms. The minimum atomic E-state index is -0.297. The monoisotopic (exact) mass is 276 g/mol. The predicted molar refractivity (Wildman–Crippen MR) is 60.7 cm³/mol. The summed E-state index contributed by atoms with van der Waals surface area (Å²) in [7, 11) is 0. The van der Waals surface area contributed by atoms with Crippen LogP contribution >= 0.6 is 27.5 Å². The van der Waals surface area contributed by atoms with E-state index in [9.17, 15) is 4.39 Å². The quantitative estimate of drug-likeness (QED) is 0.747. The van der Waals surface area contributed by atoms with Crippen LogP contribution in [0.15, 0.2) is 22.7 Å². The van der Waals surface area contributed by atoms with Crippen LogP contribution in [0, 0.1) is 0 Å². The fourth-order valence-corrected chi connectivity index (χ4v) is 2.87. The third-order valence-corrected chi connectivity index (χ3v) is 3.87. The molecule has 0 aromatic heterocycles. The first-order chi connectivity index (χ1) is 6.68. The summed E-state index contributed by atoms with van der Waals surface area (Å²) in [5.74, 6) is 0. The van der Waals surface area contributed by atoms with Crippen LogP contribution in [-0.4, -0.2) is 6.67 Å². The van der Waals surface area contributed by atoms with Crippen molar-refractivity contribution >= 4 is 27.5 Å². The lowest BCUT2D eigenvalue weighted by molar-refractivity contribution is 0.185. The normalized spacial score (nSPS) is 19.1. The maximum atomic E-state index is 13.0. The molecule has 1 aliphatic carbocycles. The standard InChI is InChI=1S/C11H11BrClF/c12-8-2-3-9(10(13)6-8)11(7-14)4-1-5-11/h2-3,6H,1,4-5,7H2. The van der Waals surface area contributed by atoms with Crippen LogP contribution in [0.2, 0.25) is 5.02 Å². The largest absolute Gasteiger partial charge is 0.250 e. The fraction of sp³-hybridized carbons (Fsp3) is 0.455. The number of halogens is 3. The highest BCUT2D eigenvalue weighted by Gasteiger charge is 2.40. The average Bonchev–Trinajstić information content (AvgIpc) is 2.07. The van der Waals surface area contributed by atoms with Crippen molar-refractivity contribution in [2.24, 2.45) is 0 Å². The Kier molecular flexibility index (Phi) is 2.85. The van der Waals surface area contributed by atoms with E-state index >= 15 is 0 Å². The molecular formula is C11H11BrClF. The molecule has 1 fully saturated rings. The second kappa shape index (κ2) is 3.82. The Hall–Kier alpha value is -0.0800. The fourth-order valence-electron chi connectivity index (χ4n) is 2.00. The molecule has 0 amide bonds. The number of alkyl halides is 1. The van der Waals surface area contributed by atoms with Crippen LogP contribution in [0.4, 0.5) is 4.39 Å². The van der Waals surface area contributed by atoms with E-state index in [1.165, 1.54) is 0 Å². The first-order valence-electron chi connectivity index (χ1n) is 4.69. The Labute approximate surface area is 96.6 Å². The van der Waals surface area contributed by atoms with E-state index in [1.807, 2.05) is 18.2 Å². The zero-order chi connectivity index (χ0) is 10.2. The van der Waals surface area contributed by atoms with Gasteiger partial charge in [-0.15, -0.1) is 0 Å². The zero-order valence-electron chi connectivity index (χ0n) is 7.69. The molecule has 0 atom stereocenters. The van der Waals surface area contributed by atoms with Gasteiger partial charge >= 0.3 is 0 Å². The van der Waals surface area contributed by atoms with E-state index in [1.54, 1.807) is 0 Å². The minimum absolute atomic E-state index is 0.280. The molecule has 1 aromatic carbocycles.